The molecule has 0 fully saturated rings. The molecule has 37 heavy (non-hydrogen) atoms. The van der Waals surface area contributed by atoms with Crippen molar-refractivity contribution in [2.75, 3.05) is 18.5 Å². The van der Waals surface area contributed by atoms with Crippen LogP contribution in [0.25, 0.3) is 16.9 Å². The van der Waals surface area contributed by atoms with E-state index in [1.165, 1.54) is 23.0 Å². The van der Waals surface area contributed by atoms with Crippen LogP contribution in [0.2, 0.25) is 5.02 Å². The van der Waals surface area contributed by atoms with Crippen LogP contribution in [-0.4, -0.2) is 56.0 Å². The number of halogens is 3. The minimum absolute atomic E-state index is 0.0787. The molecule has 0 saturated heterocycles. The van der Waals surface area contributed by atoms with E-state index in [0.29, 0.717) is 5.69 Å². The fraction of sp³-hybridized carbons (Fsp3) is 0.120. The first-order chi connectivity index (χ1) is 17.8. The van der Waals surface area contributed by atoms with Crippen LogP contribution in [0.4, 0.5) is 14.6 Å². The Labute approximate surface area is 214 Å². The van der Waals surface area contributed by atoms with Gasteiger partial charge < -0.3 is 20.8 Å². The van der Waals surface area contributed by atoms with Gasteiger partial charge in [0.25, 0.3) is 11.8 Å². The summed E-state index contributed by atoms with van der Waals surface area (Å²) in [5.74, 6) is -3.00. The second kappa shape index (κ2) is 11.2. The Morgan fingerprint density at radius 2 is 1.78 bits per heavy atom. The van der Waals surface area contributed by atoms with E-state index in [2.05, 4.69) is 20.7 Å². The van der Waals surface area contributed by atoms with Crippen LogP contribution in [0.15, 0.2) is 66.9 Å². The Morgan fingerprint density at radius 1 is 1.03 bits per heavy atom. The van der Waals surface area contributed by atoms with Gasteiger partial charge in [-0.1, -0.05) is 29.8 Å². The number of aliphatic hydroxyl groups excluding tert-OH is 2. The predicted octanol–water partition coefficient (Wildman–Crippen LogP) is 3.20. The van der Waals surface area contributed by atoms with Crippen molar-refractivity contribution < 1.29 is 28.6 Å². The van der Waals surface area contributed by atoms with Crippen LogP contribution >= 0.6 is 11.6 Å². The molecule has 0 saturated carbocycles. The largest absolute Gasteiger partial charge is 0.394 e. The lowest BCUT2D eigenvalue weighted by molar-refractivity contribution is 0.0798. The Bertz CT molecular complexity index is 1450. The molecule has 190 valence electrons. The predicted molar refractivity (Wildman–Crippen MR) is 132 cm³/mol. The number of pyridine rings is 1. The summed E-state index contributed by atoms with van der Waals surface area (Å²) >= 11 is 6.14. The van der Waals surface area contributed by atoms with Gasteiger partial charge in [0.1, 0.15) is 23.1 Å². The molecule has 2 aromatic heterocycles. The maximum absolute atomic E-state index is 14.6. The van der Waals surface area contributed by atoms with Gasteiger partial charge in [0, 0.05) is 24.4 Å². The average Bonchev–Trinajstić information content (AvgIpc) is 3.32. The number of aliphatic hydroxyl groups is 2. The molecule has 0 radical (unpaired) electrons. The zero-order valence-electron chi connectivity index (χ0n) is 19.0. The third-order valence-corrected chi connectivity index (χ3v) is 5.52. The molecular formula is C25H20ClF2N5O4. The van der Waals surface area contributed by atoms with Crippen molar-refractivity contribution in [3.63, 3.8) is 0 Å². The number of benzene rings is 2. The van der Waals surface area contributed by atoms with Gasteiger partial charge in [-0.3, -0.25) is 14.6 Å². The number of hydrogen-bond acceptors (Lipinski definition) is 6. The third kappa shape index (κ3) is 5.80. The van der Waals surface area contributed by atoms with Gasteiger partial charge in [0.15, 0.2) is 5.69 Å². The van der Waals surface area contributed by atoms with Gasteiger partial charge in [0.2, 0.25) is 0 Å². The van der Waals surface area contributed by atoms with Gasteiger partial charge in [-0.15, -0.1) is 0 Å². The first-order valence-electron chi connectivity index (χ1n) is 10.9. The fourth-order valence-corrected chi connectivity index (χ4v) is 3.62. The van der Waals surface area contributed by atoms with Crippen LogP contribution in [-0.2, 0) is 0 Å². The number of para-hydroxylation sites is 1. The van der Waals surface area contributed by atoms with Crippen molar-refractivity contribution in [2.45, 2.75) is 6.10 Å². The Morgan fingerprint density at radius 3 is 2.49 bits per heavy atom. The van der Waals surface area contributed by atoms with E-state index >= 15 is 0 Å². The molecule has 12 heteroatoms. The van der Waals surface area contributed by atoms with Crippen LogP contribution in [0, 0.1) is 11.6 Å². The minimum Gasteiger partial charge on any atom is -0.394 e. The average molecular weight is 528 g/mol. The summed E-state index contributed by atoms with van der Waals surface area (Å²) in [6.07, 6.45) is 0.134. The second-order valence-electron chi connectivity index (χ2n) is 7.81. The fourth-order valence-electron chi connectivity index (χ4n) is 3.38. The van der Waals surface area contributed by atoms with E-state index in [0.717, 1.165) is 18.2 Å². The lowest BCUT2D eigenvalue weighted by atomic mass is 10.1. The highest BCUT2D eigenvalue weighted by atomic mass is 35.5. The van der Waals surface area contributed by atoms with Crippen LogP contribution in [0.5, 0.6) is 0 Å². The SMILES string of the molecule is O=C(NC[C@@H](O)CO)c1cc(NC(=O)c2cc(-c3ncccc3F)c(F)cc2Cl)n(-c2ccccc2)n1. The molecule has 0 aliphatic rings. The maximum Gasteiger partial charge on any atom is 0.271 e. The second-order valence-corrected chi connectivity index (χ2v) is 8.22. The molecule has 2 heterocycles. The summed E-state index contributed by atoms with van der Waals surface area (Å²) < 4.78 is 30.2. The van der Waals surface area contributed by atoms with Gasteiger partial charge in [-0.25, -0.2) is 13.5 Å². The summed E-state index contributed by atoms with van der Waals surface area (Å²) in [4.78, 5) is 29.6. The van der Waals surface area contributed by atoms with E-state index in [4.69, 9.17) is 16.7 Å². The molecule has 0 unspecified atom stereocenters. The molecule has 0 bridgehead atoms. The van der Waals surface area contributed by atoms with Crippen LogP contribution in [0.1, 0.15) is 20.8 Å². The van der Waals surface area contributed by atoms with Gasteiger partial charge in [-0.05, 0) is 36.4 Å². The monoisotopic (exact) mass is 527 g/mol. The van der Waals surface area contributed by atoms with Crippen LogP contribution < -0.4 is 10.6 Å². The zero-order chi connectivity index (χ0) is 26.5. The summed E-state index contributed by atoms with van der Waals surface area (Å²) in [6.45, 7) is -0.754. The molecule has 0 aliphatic carbocycles. The van der Waals surface area contributed by atoms with E-state index < -0.39 is 36.2 Å². The van der Waals surface area contributed by atoms with Gasteiger partial charge in [0.05, 0.1) is 29.0 Å². The van der Waals surface area contributed by atoms with E-state index in [1.54, 1.807) is 30.3 Å². The number of carbonyl (C=O) groups excluding carboxylic acids is 2. The molecule has 2 amide bonds. The number of rotatable bonds is 8. The van der Waals surface area contributed by atoms with Crippen molar-refractivity contribution >= 4 is 29.2 Å². The Kier molecular flexibility index (Phi) is 7.87. The molecular weight excluding hydrogens is 508 g/mol. The molecule has 4 N–H and O–H groups in total. The van der Waals surface area contributed by atoms with Crippen molar-refractivity contribution in [1.82, 2.24) is 20.1 Å². The molecule has 4 rings (SSSR count). The molecule has 1 atom stereocenters. The normalized spacial score (nSPS) is 11.7. The third-order valence-electron chi connectivity index (χ3n) is 5.21. The number of anilines is 1. The van der Waals surface area contributed by atoms with Crippen molar-refractivity contribution in [3.05, 3.63) is 94.8 Å². The number of carbonyl (C=O) groups is 2. The summed E-state index contributed by atoms with van der Waals surface area (Å²) in [7, 11) is 0. The highest BCUT2D eigenvalue weighted by Gasteiger charge is 2.22. The Balaban J connectivity index is 1.69. The molecule has 2 aromatic carbocycles. The summed E-state index contributed by atoms with van der Waals surface area (Å²) in [6, 6.07) is 14.3. The highest BCUT2D eigenvalue weighted by molar-refractivity contribution is 6.34. The summed E-state index contributed by atoms with van der Waals surface area (Å²) in [5.41, 5.74) is -0.295. The van der Waals surface area contributed by atoms with Crippen molar-refractivity contribution in [1.29, 1.82) is 0 Å². The highest BCUT2D eigenvalue weighted by Crippen LogP contribution is 2.30. The molecule has 4 aromatic rings. The first-order valence-corrected chi connectivity index (χ1v) is 11.3. The number of hydrogen-bond donors (Lipinski definition) is 4. The molecule has 0 spiro atoms. The lowest BCUT2D eigenvalue weighted by Gasteiger charge is -2.11. The molecule has 0 aliphatic heterocycles. The Hall–Kier alpha value is -4.19. The topological polar surface area (TPSA) is 129 Å². The molecule has 9 nitrogen and oxygen atoms in total. The maximum atomic E-state index is 14.6. The quantitative estimate of drug-likeness (QED) is 0.278. The number of aromatic nitrogens is 3. The van der Waals surface area contributed by atoms with Gasteiger partial charge >= 0.3 is 0 Å². The number of nitrogens with zero attached hydrogens (tertiary/aromatic N) is 3. The standard InChI is InChI=1S/C25H20ClF2N5O4/c26-18-10-20(28)17(23-19(27)7-4-8-29-23)9-16(18)24(36)31-22-11-21(25(37)30-12-15(35)13-34)32-33(22)14-5-2-1-3-6-14/h1-11,15,34-35H,12-13H2,(H,30,37)(H,31,36)/t15-/m1/s1. The summed E-state index contributed by atoms with van der Waals surface area (Å²) in [5, 5.41) is 27.5. The zero-order valence-corrected chi connectivity index (χ0v) is 19.8. The van der Waals surface area contributed by atoms with Crippen molar-refractivity contribution in [3.8, 4) is 16.9 Å². The van der Waals surface area contributed by atoms with E-state index in [1.807, 2.05) is 0 Å². The van der Waals surface area contributed by atoms with Gasteiger partial charge in [-0.2, -0.15) is 5.10 Å². The number of amides is 2. The van der Waals surface area contributed by atoms with E-state index in [-0.39, 0.29) is 39.9 Å². The lowest BCUT2D eigenvalue weighted by Crippen LogP contribution is -2.34. The van der Waals surface area contributed by atoms with E-state index in [9.17, 15) is 23.5 Å². The van der Waals surface area contributed by atoms with Crippen LogP contribution in [0.3, 0.4) is 0 Å². The minimum atomic E-state index is -1.15. The first kappa shape index (κ1) is 25.9. The van der Waals surface area contributed by atoms with Crippen molar-refractivity contribution in [2.24, 2.45) is 0 Å². The number of nitrogens with one attached hydrogen (secondary N) is 2. The smallest absolute Gasteiger partial charge is 0.271 e.